The molecule has 2 aromatic rings. The second-order valence-corrected chi connectivity index (χ2v) is 6.53. The molecule has 1 saturated heterocycles. The van der Waals surface area contributed by atoms with E-state index < -0.39 is 0 Å². The normalized spacial score (nSPS) is 19.4. The van der Waals surface area contributed by atoms with Gasteiger partial charge >= 0.3 is 0 Å². The quantitative estimate of drug-likeness (QED) is 0.863. The van der Waals surface area contributed by atoms with Crippen LogP contribution in [0.15, 0.2) is 24.3 Å². The number of carbonyl (C=O) groups excluding carboxylic acids is 1. The maximum Gasteiger partial charge on any atom is 0.270 e. The molecule has 21 heavy (non-hydrogen) atoms. The first-order chi connectivity index (χ1) is 10.1. The summed E-state index contributed by atoms with van der Waals surface area (Å²) in [6.07, 6.45) is 3.46. The number of aromatic nitrogens is 1. The van der Waals surface area contributed by atoms with Crippen molar-refractivity contribution in [2.45, 2.75) is 52.0 Å². The first-order valence-electron chi connectivity index (χ1n) is 8.00. The van der Waals surface area contributed by atoms with E-state index in [-0.39, 0.29) is 7.33 Å². The predicted molar refractivity (Wildman–Crippen MR) is 88.9 cm³/mol. The van der Waals surface area contributed by atoms with Gasteiger partial charge in [-0.3, -0.25) is 4.79 Å². The van der Waals surface area contributed by atoms with Gasteiger partial charge < -0.3 is 9.88 Å². The van der Waals surface area contributed by atoms with Gasteiger partial charge in [0.2, 0.25) is 0 Å². The van der Waals surface area contributed by atoms with E-state index in [1.807, 2.05) is 11.0 Å². The second kappa shape index (κ2) is 5.55. The van der Waals surface area contributed by atoms with Gasteiger partial charge in [0.05, 0.1) is 0 Å². The zero-order chi connectivity index (χ0) is 15.0. The molecule has 0 saturated carbocycles. The van der Waals surface area contributed by atoms with Crippen molar-refractivity contribution in [1.29, 1.82) is 0 Å². The molecule has 0 radical (unpaired) electrons. The molecule has 114 valence electrons. The Balaban J connectivity index is 0.00000176. The van der Waals surface area contributed by atoms with Gasteiger partial charge in [-0.1, -0.05) is 26.0 Å². The lowest BCUT2D eigenvalue weighted by Gasteiger charge is -2.33. The largest absolute Gasteiger partial charge is 0.351 e. The van der Waals surface area contributed by atoms with Crippen molar-refractivity contribution < 1.29 is 6.22 Å². The monoisotopic (exact) mass is 286 g/mol. The first kappa shape index (κ1) is 14.2. The van der Waals surface area contributed by atoms with E-state index in [4.69, 9.17) is 0 Å². The van der Waals surface area contributed by atoms with Gasteiger partial charge in [0.1, 0.15) is 5.69 Å². The molecule has 0 aliphatic carbocycles. The molecule has 3 heteroatoms. The van der Waals surface area contributed by atoms with Crippen molar-refractivity contribution in [3.8, 4) is 0 Å². The summed E-state index contributed by atoms with van der Waals surface area (Å²) in [5.41, 5.74) is 3.09. The number of hydrogen-bond acceptors (Lipinski definition) is 1. The van der Waals surface area contributed by atoms with Crippen LogP contribution in [0.2, 0.25) is 0 Å². The summed E-state index contributed by atoms with van der Waals surface area (Å²) >= 11 is 0. The van der Waals surface area contributed by atoms with Gasteiger partial charge in [0.15, 0.2) is 0 Å². The molecule has 0 unspecified atom stereocenters. The van der Waals surface area contributed by atoms with Crippen LogP contribution in [-0.2, 0) is 0 Å². The minimum atomic E-state index is 0. The molecule has 3 nitrogen and oxygen atoms in total. The Morgan fingerprint density at radius 3 is 2.86 bits per heavy atom. The van der Waals surface area contributed by atoms with Crippen molar-refractivity contribution >= 4 is 16.8 Å². The van der Waals surface area contributed by atoms with Gasteiger partial charge in [-0.15, -0.1) is 0 Å². The summed E-state index contributed by atoms with van der Waals surface area (Å²) in [6, 6.07) is 8.76. The number of amides is 1. The highest BCUT2D eigenvalue weighted by Gasteiger charge is 2.25. The summed E-state index contributed by atoms with van der Waals surface area (Å²) in [5.74, 6) is 0.642. The zero-order valence-electron chi connectivity index (χ0n) is 13.1. The fraction of sp³-hybridized carbons (Fsp3) is 0.500. The Morgan fingerprint density at radius 1 is 1.33 bits per heavy atom. The lowest BCUT2D eigenvalue weighted by Crippen LogP contribution is -2.42. The van der Waals surface area contributed by atoms with Crippen LogP contribution in [0.5, 0.6) is 0 Å². The maximum atomic E-state index is 12.7. The molecule has 1 aliphatic heterocycles. The van der Waals surface area contributed by atoms with Crippen LogP contribution in [0, 0.1) is 0 Å². The molecule has 1 aliphatic rings. The number of piperidine rings is 1. The molecular weight excluding hydrogens is 260 g/mol. The van der Waals surface area contributed by atoms with E-state index in [0.29, 0.717) is 12.0 Å². The second-order valence-electron chi connectivity index (χ2n) is 6.53. The molecule has 3 rings (SSSR count). The van der Waals surface area contributed by atoms with E-state index in [1.54, 1.807) is 0 Å². The number of rotatable bonds is 2. The number of aromatic amines is 1. The lowest BCUT2D eigenvalue weighted by atomic mass is 10.0. The molecular formula is C18H26N2O. The lowest BCUT2D eigenvalue weighted by molar-refractivity contribution is 0.0630. The predicted octanol–water partition coefficient (Wildman–Crippen LogP) is 4.55. The fourth-order valence-corrected chi connectivity index (χ4v) is 3.17. The number of carbonyl (C=O) groups is 1. The number of nitrogens with zero attached hydrogens (tertiary/aromatic N) is 1. The molecule has 1 amide bonds. The Morgan fingerprint density at radius 2 is 2.14 bits per heavy atom. The van der Waals surface area contributed by atoms with Crippen LogP contribution in [0.25, 0.3) is 10.9 Å². The average molecular weight is 286 g/mol. The molecule has 1 aromatic carbocycles. The Labute approximate surface area is 127 Å². The maximum absolute atomic E-state index is 12.7. The highest BCUT2D eigenvalue weighted by Crippen LogP contribution is 2.24. The molecule has 1 N–H and O–H groups in total. The van der Waals surface area contributed by atoms with Crippen molar-refractivity contribution in [2.24, 2.45) is 0 Å². The van der Waals surface area contributed by atoms with Crippen LogP contribution < -0.4 is 0 Å². The summed E-state index contributed by atoms with van der Waals surface area (Å²) < 4.78 is 0. The summed E-state index contributed by atoms with van der Waals surface area (Å²) in [7, 11) is 0. The Bertz CT molecular complexity index is 662. The first-order valence-corrected chi connectivity index (χ1v) is 8.00. The van der Waals surface area contributed by atoms with Crippen molar-refractivity contribution in [1.82, 2.24) is 9.88 Å². The van der Waals surface area contributed by atoms with Gasteiger partial charge in [-0.2, -0.15) is 0 Å². The number of nitrogens with one attached hydrogen (secondary N) is 1. The highest BCUT2D eigenvalue weighted by atomic mass is 16.2. The van der Waals surface area contributed by atoms with E-state index in [0.717, 1.165) is 36.0 Å². The minimum absolute atomic E-state index is 0. The molecule has 1 aromatic heterocycles. The van der Waals surface area contributed by atoms with E-state index in [9.17, 15) is 4.79 Å². The van der Waals surface area contributed by atoms with E-state index in [1.165, 1.54) is 12.0 Å². The third kappa shape index (κ3) is 2.69. The zero-order valence-corrected chi connectivity index (χ0v) is 13.1. The summed E-state index contributed by atoms with van der Waals surface area (Å²) in [6.45, 7) is 7.40. The SMILES string of the molecule is CC(C)c1ccc2cc(C(=O)N3CCCC[C@@H]3C)[nH]c2c1.[HH]. The molecule has 0 spiro atoms. The summed E-state index contributed by atoms with van der Waals surface area (Å²) in [4.78, 5) is 18.0. The summed E-state index contributed by atoms with van der Waals surface area (Å²) in [5, 5.41) is 1.12. The van der Waals surface area contributed by atoms with E-state index in [2.05, 4.69) is 44.0 Å². The number of likely N-dealkylation sites (tertiary alicyclic amines) is 1. The number of fused-ring (bicyclic) bond motifs is 1. The van der Waals surface area contributed by atoms with Gasteiger partial charge in [0, 0.05) is 24.9 Å². The average Bonchev–Trinajstić information content (AvgIpc) is 2.89. The molecule has 1 fully saturated rings. The van der Waals surface area contributed by atoms with E-state index >= 15 is 0 Å². The fourth-order valence-electron chi connectivity index (χ4n) is 3.17. The molecule has 0 bridgehead atoms. The Kier molecular flexibility index (Phi) is 3.75. The van der Waals surface area contributed by atoms with Gasteiger partial charge in [-0.05, 0) is 49.8 Å². The third-order valence-corrected chi connectivity index (χ3v) is 4.61. The number of hydrogen-bond donors (Lipinski definition) is 1. The van der Waals surface area contributed by atoms with Gasteiger partial charge in [-0.25, -0.2) is 0 Å². The number of benzene rings is 1. The van der Waals surface area contributed by atoms with Crippen LogP contribution in [-0.4, -0.2) is 28.4 Å². The van der Waals surface area contributed by atoms with Crippen LogP contribution >= 0.6 is 0 Å². The van der Waals surface area contributed by atoms with Crippen LogP contribution in [0.4, 0.5) is 0 Å². The van der Waals surface area contributed by atoms with Crippen LogP contribution in [0.1, 0.15) is 63.4 Å². The topological polar surface area (TPSA) is 36.1 Å². The van der Waals surface area contributed by atoms with Crippen molar-refractivity contribution in [3.05, 3.63) is 35.5 Å². The Hall–Kier alpha value is -1.77. The van der Waals surface area contributed by atoms with Crippen molar-refractivity contribution in [2.75, 3.05) is 6.54 Å². The van der Waals surface area contributed by atoms with Gasteiger partial charge in [0.25, 0.3) is 5.91 Å². The molecule has 1 atom stereocenters. The third-order valence-electron chi connectivity index (χ3n) is 4.61. The highest BCUT2D eigenvalue weighted by molar-refractivity contribution is 5.98. The van der Waals surface area contributed by atoms with Crippen molar-refractivity contribution in [3.63, 3.8) is 0 Å². The molecule has 2 heterocycles. The minimum Gasteiger partial charge on any atom is -0.351 e. The van der Waals surface area contributed by atoms with Crippen LogP contribution in [0.3, 0.4) is 0 Å². The standard InChI is InChI=1S/C18H24N2O.H2/c1-12(2)14-7-8-15-11-17(19-16(15)10-14)18(21)20-9-5-4-6-13(20)3;/h7-8,10-13,19H,4-6,9H2,1-3H3;1H/t13-;/m0./s1. The smallest absolute Gasteiger partial charge is 0.270 e. The number of H-pyrrole nitrogens is 1.